The number of aromatic nitrogens is 2. The van der Waals surface area contributed by atoms with Crippen molar-refractivity contribution in [3.05, 3.63) is 78.6 Å². The molecular formula is C23H19N3O. The van der Waals surface area contributed by atoms with Gasteiger partial charge in [-0.05, 0) is 48.4 Å². The molecule has 27 heavy (non-hydrogen) atoms. The zero-order chi connectivity index (χ0) is 18.8. The normalized spacial score (nSPS) is 10.7. The molecule has 0 unspecified atom stereocenters. The lowest BCUT2D eigenvalue weighted by Crippen LogP contribution is -2.05. The molecule has 2 aromatic heterocycles. The summed E-state index contributed by atoms with van der Waals surface area (Å²) in [6.45, 7) is 3.52. The lowest BCUT2D eigenvalue weighted by molar-refractivity contribution is -0.114. The van der Waals surface area contributed by atoms with Crippen LogP contribution < -0.4 is 5.32 Å². The monoisotopic (exact) mass is 353 g/mol. The van der Waals surface area contributed by atoms with Gasteiger partial charge in [-0.1, -0.05) is 36.4 Å². The number of hydrogen-bond acceptors (Lipinski definition) is 3. The second-order valence-electron chi connectivity index (χ2n) is 6.50. The van der Waals surface area contributed by atoms with Gasteiger partial charge in [-0.3, -0.25) is 14.8 Å². The van der Waals surface area contributed by atoms with Gasteiger partial charge >= 0.3 is 0 Å². The molecule has 0 saturated heterocycles. The summed E-state index contributed by atoms with van der Waals surface area (Å²) >= 11 is 0. The average molecular weight is 353 g/mol. The molecule has 4 aromatic rings. The summed E-state index contributed by atoms with van der Waals surface area (Å²) in [5, 5.41) is 3.90. The van der Waals surface area contributed by atoms with E-state index in [4.69, 9.17) is 4.98 Å². The third kappa shape index (κ3) is 3.55. The average Bonchev–Trinajstić information content (AvgIpc) is 2.68. The molecule has 1 amide bonds. The number of nitrogens with one attached hydrogen (secondary N) is 1. The lowest BCUT2D eigenvalue weighted by Gasteiger charge is -2.09. The van der Waals surface area contributed by atoms with Crippen LogP contribution >= 0.6 is 0 Å². The molecule has 0 aliphatic heterocycles. The highest BCUT2D eigenvalue weighted by atomic mass is 16.1. The van der Waals surface area contributed by atoms with Gasteiger partial charge < -0.3 is 5.32 Å². The van der Waals surface area contributed by atoms with Crippen LogP contribution in [0.1, 0.15) is 12.6 Å². The lowest BCUT2D eigenvalue weighted by atomic mass is 10.0. The molecule has 0 fully saturated rings. The Labute approximate surface area is 157 Å². The molecule has 0 atom stereocenters. The van der Waals surface area contributed by atoms with Crippen molar-refractivity contribution in [2.45, 2.75) is 13.8 Å². The zero-order valence-electron chi connectivity index (χ0n) is 15.2. The van der Waals surface area contributed by atoms with Crippen LogP contribution in [0.5, 0.6) is 0 Å². The molecule has 132 valence electrons. The van der Waals surface area contributed by atoms with Gasteiger partial charge in [-0.2, -0.15) is 0 Å². The minimum atomic E-state index is -0.0751. The number of aryl methyl sites for hydroxylation is 1. The zero-order valence-corrected chi connectivity index (χ0v) is 15.2. The fourth-order valence-electron chi connectivity index (χ4n) is 3.20. The van der Waals surface area contributed by atoms with Crippen molar-refractivity contribution in [1.29, 1.82) is 0 Å². The molecule has 1 N–H and O–H groups in total. The number of fused-ring (bicyclic) bond motifs is 1. The third-order valence-electron chi connectivity index (χ3n) is 4.49. The van der Waals surface area contributed by atoms with Gasteiger partial charge in [0.05, 0.1) is 11.2 Å². The molecule has 0 aliphatic rings. The third-order valence-corrected chi connectivity index (χ3v) is 4.49. The van der Waals surface area contributed by atoms with Crippen molar-refractivity contribution in [1.82, 2.24) is 9.97 Å². The van der Waals surface area contributed by atoms with E-state index in [2.05, 4.69) is 34.6 Å². The van der Waals surface area contributed by atoms with Gasteiger partial charge in [0.25, 0.3) is 0 Å². The van der Waals surface area contributed by atoms with Crippen molar-refractivity contribution >= 4 is 22.5 Å². The number of pyridine rings is 2. The molecule has 4 heteroatoms. The minimum absolute atomic E-state index is 0.0751. The molecule has 0 radical (unpaired) electrons. The first kappa shape index (κ1) is 16.9. The molecule has 0 saturated carbocycles. The molecule has 2 aromatic carbocycles. The van der Waals surface area contributed by atoms with E-state index in [1.807, 2.05) is 49.4 Å². The van der Waals surface area contributed by atoms with E-state index in [-0.39, 0.29) is 5.91 Å². The van der Waals surface area contributed by atoms with Crippen LogP contribution in [-0.4, -0.2) is 15.9 Å². The van der Waals surface area contributed by atoms with Crippen LogP contribution in [0, 0.1) is 6.92 Å². The first-order valence-electron chi connectivity index (χ1n) is 8.81. The topological polar surface area (TPSA) is 54.9 Å². The number of rotatable bonds is 3. The van der Waals surface area contributed by atoms with Gasteiger partial charge in [0.2, 0.25) is 5.91 Å². The van der Waals surface area contributed by atoms with Gasteiger partial charge in [0.15, 0.2) is 0 Å². The maximum atomic E-state index is 11.3. The molecule has 4 nitrogen and oxygen atoms in total. The Morgan fingerprint density at radius 2 is 1.67 bits per heavy atom. The molecule has 0 spiro atoms. The van der Waals surface area contributed by atoms with Crippen LogP contribution in [-0.2, 0) is 4.79 Å². The Kier molecular flexibility index (Phi) is 4.38. The standard InChI is InChI=1S/C23H19N3O/c1-15-21-7-4-12-24-23(21)14-22(25-15)18-10-8-17(9-11-18)19-5-3-6-20(13-19)26-16(2)27/h3-14H,1-2H3,(H,26,27). The van der Waals surface area contributed by atoms with E-state index in [0.717, 1.165) is 44.7 Å². The van der Waals surface area contributed by atoms with Crippen LogP contribution in [0.15, 0.2) is 72.9 Å². The number of carbonyl (C=O) groups is 1. The van der Waals surface area contributed by atoms with Crippen LogP contribution in [0.4, 0.5) is 5.69 Å². The van der Waals surface area contributed by atoms with Crippen LogP contribution in [0.3, 0.4) is 0 Å². The molecule has 2 heterocycles. The maximum Gasteiger partial charge on any atom is 0.221 e. The summed E-state index contributed by atoms with van der Waals surface area (Å²) in [5.74, 6) is -0.0751. The van der Waals surface area contributed by atoms with Crippen molar-refractivity contribution in [2.75, 3.05) is 5.32 Å². The van der Waals surface area contributed by atoms with Crippen molar-refractivity contribution in [2.24, 2.45) is 0 Å². The van der Waals surface area contributed by atoms with E-state index >= 15 is 0 Å². The Morgan fingerprint density at radius 1 is 0.889 bits per heavy atom. The highest BCUT2D eigenvalue weighted by Gasteiger charge is 2.07. The van der Waals surface area contributed by atoms with Crippen molar-refractivity contribution in [3.8, 4) is 22.4 Å². The van der Waals surface area contributed by atoms with Gasteiger partial charge in [0, 0.05) is 35.5 Å². The SMILES string of the molecule is CC(=O)Nc1cccc(-c2ccc(-c3cc4ncccc4c(C)n3)cc2)c1. The Bertz CT molecular complexity index is 1130. The predicted molar refractivity (Wildman–Crippen MR) is 109 cm³/mol. The first-order valence-corrected chi connectivity index (χ1v) is 8.81. The Balaban J connectivity index is 1.68. The fourth-order valence-corrected chi connectivity index (χ4v) is 3.20. The summed E-state index contributed by atoms with van der Waals surface area (Å²) in [4.78, 5) is 20.4. The highest BCUT2D eigenvalue weighted by Crippen LogP contribution is 2.27. The summed E-state index contributed by atoms with van der Waals surface area (Å²) in [5.41, 5.74) is 6.82. The number of amides is 1. The van der Waals surface area contributed by atoms with Crippen LogP contribution in [0.2, 0.25) is 0 Å². The highest BCUT2D eigenvalue weighted by molar-refractivity contribution is 5.89. The summed E-state index contributed by atoms with van der Waals surface area (Å²) in [6.07, 6.45) is 1.80. The molecule has 0 aliphatic carbocycles. The smallest absolute Gasteiger partial charge is 0.221 e. The summed E-state index contributed by atoms with van der Waals surface area (Å²) in [6, 6.07) is 22.1. The van der Waals surface area contributed by atoms with Gasteiger partial charge in [-0.15, -0.1) is 0 Å². The fraction of sp³-hybridized carbons (Fsp3) is 0.0870. The van der Waals surface area contributed by atoms with Gasteiger partial charge in [0.1, 0.15) is 0 Å². The molecular weight excluding hydrogens is 334 g/mol. The Morgan fingerprint density at radius 3 is 2.44 bits per heavy atom. The van der Waals surface area contributed by atoms with Crippen LogP contribution in [0.25, 0.3) is 33.3 Å². The number of hydrogen-bond donors (Lipinski definition) is 1. The number of anilines is 1. The Hall–Kier alpha value is -3.53. The van der Waals surface area contributed by atoms with E-state index in [9.17, 15) is 4.79 Å². The van der Waals surface area contributed by atoms with E-state index < -0.39 is 0 Å². The van der Waals surface area contributed by atoms with Gasteiger partial charge in [-0.25, -0.2) is 0 Å². The predicted octanol–water partition coefficient (Wildman–Crippen LogP) is 5.23. The second-order valence-corrected chi connectivity index (χ2v) is 6.50. The minimum Gasteiger partial charge on any atom is -0.326 e. The molecule has 0 bridgehead atoms. The number of carbonyl (C=O) groups excluding carboxylic acids is 1. The quantitative estimate of drug-likeness (QED) is 0.549. The van der Waals surface area contributed by atoms with E-state index in [0.29, 0.717) is 0 Å². The first-order chi connectivity index (χ1) is 13.1. The van der Waals surface area contributed by atoms with Crippen molar-refractivity contribution in [3.63, 3.8) is 0 Å². The number of benzene rings is 2. The maximum absolute atomic E-state index is 11.3. The molecule has 4 rings (SSSR count). The summed E-state index contributed by atoms with van der Waals surface area (Å²) < 4.78 is 0. The van der Waals surface area contributed by atoms with E-state index in [1.54, 1.807) is 6.20 Å². The largest absolute Gasteiger partial charge is 0.326 e. The summed E-state index contributed by atoms with van der Waals surface area (Å²) in [7, 11) is 0. The van der Waals surface area contributed by atoms with E-state index in [1.165, 1.54) is 6.92 Å². The number of nitrogens with zero attached hydrogens (tertiary/aromatic N) is 2. The second kappa shape index (κ2) is 7.00. The van der Waals surface area contributed by atoms with Crippen molar-refractivity contribution < 1.29 is 4.79 Å².